The van der Waals surface area contributed by atoms with E-state index in [0.717, 1.165) is 14.2 Å². The van der Waals surface area contributed by atoms with Crippen molar-refractivity contribution in [2.75, 3.05) is 27.2 Å². The number of hydrogen-bond acceptors (Lipinski definition) is 4. The van der Waals surface area contributed by atoms with E-state index in [1.807, 2.05) is 0 Å². The van der Waals surface area contributed by atoms with E-state index in [0.29, 0.717) is 10.5 Å². The molecule has 4 rings (SSSR count). The molecular formula is C24H29NO3. The third kappa shape index (κ3) is 3.93. The Balaban J connectivity index is 1.93. The fraction of sp³-hybridized carbons (Fsp3) is 0.458. The molecule has 2 aliphatic rings. The third-order valence-electron chi connectivity index (χ3n) is 4.34. The second-order valence-electron chi connectivity index (χ2n) is 6.20. The molecule has 1 atom stereocenters. The molecule has 0 saturated carbocycles. The number of methoxy groups -OCH3 is 2. The molecule has 1 aliphatic carbocycles. The van der Waals surface area contributed by atoms with E-state index >= 15 is 0 Å². The molecule has 2 aromatic carbocycles. The van der Waals surface area contributed by atoms with Crippen molar-refractivity contribution in [3.8, 4) is 11.5 Å². The van der Waals surface area contributed by atoms with Crippen LogP contribution < -0.4 is 9.47 Å². The van der Waals surface area contributed by atoms with Gasteiger partial charge in [0, 0.05) is 34.5 Å². The van der Waals surface area contributed by atoms with Crippen molar-refractivity contribution >= 4 is 5.78 Å². The van der Waals surface area contributed by atoms with Crippen LogP contribution in [0.2, 0.25) is 0 Å². The molecule has 1 heterocycles. The number of ether oxygens (including phenoxy) is 2. The van der Waals surface area contributed by atoms with Gasteiger partial charge < -0.3 is 9.47 Å². The van der Waals surface area contributed by atoms with Gasteiger partial charge in [-0.1, -0.05) is 30.3 Å². The topological polar surface area (TPSA) is 38.8 Å². The number of ketones is 1. The number of rotatable bonds is 6. The quantitative estimate of drug-likeness (QED) is 0.731. The first-order valence-corrected chi connectivity index (χ1v) is 8.66. The average Bonchev–Trinajstić information content (AvgIpc) is 3.05. The maximum Gasteiger partial charge on any atom is 0.166 e. The Morgan fingerprint density at radius 1 is 1.14 bits per heavy atom. The highest BCUT2D eigenvalue weighted by Gasteiger charge is 2.34. The smallest absolute Gasteiger partial charge is 0.166 e. The van der Waals surface area contributed by atoms with Crippen molar-refractivity contribution in [1.82, 2.24) is 4.90 Å². The van der Waals surface area contributed by atoms with Crippen LogP contribution in [0.25, 0.3) is 0 Å². The zero-order valence-corrected chi connectivity index (χ0v) is 15.5. The first-order valence-electron chi connectivity index (χ1n) is 15.7. The van der Waals surface area contributed by atoms with Crippen LogP contribution in [0.15, 0.2) is 42.4 Å². The lowest BCUT2D eigenvalue weighted by Crippen LogP contribution is -2.34. The molecule has 0 bridgehead atoms. The van der Waals surface area contributed by atoms with Gasteiger partial charge in [-0.3, -0.25) is 9.69 Å². The number of fused-ring (bicyclic) bond motifs is 1. The van der Waals surface area contributed by atoms with E-state index in [1.54, 1.807) is 18.2 Å². The van der Waals surface area contributed by atoms with Crippen molar-refractivity contribution < 1.29 is 33.5 Å². The van der Waals surface area contributed by atoms with Gasteiger partial charge in [-0.2, -0.15) is 0 Å². The second-order valence-corrected chi connectivity index (χ2v) is 6.20. The van der Waals surface area contributed by atoms with Crippen LogP contribution in [0.5, 0.6) is 11.5 Å². The minimum atomic E-state index is -3.65. The Bertz CT molecular complexity index is 1400. The number of nitrogens with zero attached hydrogens (tertiary/aromatic N) is 1. The zero-order chi connectivity index (χ0) is 32.1. The van der Waals surface area contributed by atoms with Gasteiger partial charge in [0.25, 0.3) is 0 Å². The van der Waals surface area contributed by atoms with Crippen molar-refractivity contribution in [2.45, 2.75) is 32.1 Å². The molecule has 1 unspecified atom stereocenters. The van der Waals surface area contributed by atoms with Gasteiger partial charge >= 0.3 is 0 Å². The van der Waals surface area contributed by atoms with Crippen LogP contribution in [0.1, 0.15) is 59.8 Å². The summed E-state index contributed by atoms with van der Waals surface area (Å²) in [5, 5.41) is 0. The Morgan fingerprint density at radius 2 is 1.82 bits per heavy atom. The van der Waals surface area contributed by atoms with Gasteiger partial charge in [0.15, 0.2) is 17.3 Å². The van der Waals surface area contributed by atoms with Crippen LogP contribution in [0.4, 0.5) is 0 Å². The Labute approximate surface area is 187 Å². The van der Waals surface area contributed by atoms with Gasteiger partial charge in [-0.15, -0.1) is 0 Å². The molecule has 1 fully saturated rings. The lowest BCUT2D eigenvalue weighted by Gasteiger charge is -2.32. The highest BCUT2D eigenvalue weighted by Crippen LogP contribution is 2.39. The molecule has 4 nitrogen and oxygen atoms in total. The molecule has 0 aromatic heterocycles. The lowest BCUT2D eigenvalue weighted by atomic mass is 9.85. The predicted molar refractivity (Wildman–Crippen MR) is 110 cm³/mol. The monoisotopic (exact) mass is 393 g/mol. The third-order valence-corrected chi connectivity index (χ3v) is 4.34. The van der Waals surface area contributed by atoms with Gasteiger partial charge in [0.1, 0.15) is 0 Å². The molecular weight excluding hydrogens is 350 g/mol. The standard InChI is InChI=1S/C24H29NO3/c1-27-22-14-19-13-20(24(26)21(19)15-23(22)28-2)12-17-8-10-25(11-9-17)16-18-6-4-3-5-7-18/h3-7,14-15,17,20H,8-13,16H2,1-2H3/i8D2,9D2,10D2,11D2,13D2,14D,15D,17D,20D. The average molecular weight is 394 g/mol. The molecule has 148 valence electrons. The number of piperidine rings is 1. The summed E-state index contributed by atoms with van der Waals surface area (Å²) >= 11 is 0. The van der Waals surface area contributed by atoms with Crippen molar-refractivity contribution in [1.29, 1.82) is 0 Å². The van der Waals surface area contributed by atoms with Gasteiger partial charge in [0.05, 0.1) is 17.0 Å². The van der Waals surface area contributed by atoms with Crippen molar-refractivity contribution in [3.63, 3.8) is 0 Å². The highest BCUT2D eigenvalue weighted by atomic mass is 16.5. The van der Waals surface area contributed by atoms with Gasteiger partial charge in [0.2, 0.25) is 0 Å². The largest absolute Gasteiger partial charge is 0.493 e. The first kappa shape index (κ1) is 8.58. The van der Waals surface area contributed by atoms with E-state index < -0.39 is 97.4 Å². The van der Waals surface area contributed by atoms with E-state index in [1.165, 1.54) is 12.1 Å². The molecule has 28 heavy (non-hydrogen) atoms. The molecule has 0 amide bonds. The number of carbonyl (C=O) groups excluding carboxylic acids is 1. The molecule has 2 aromatic rings. The zero-order valence-electron chi connectivity index (χ0n) is 29.5. The lowest BCUT2D eigenvalue weighted by molar-refractivity contribution is 0.0895. The maximum atomic E-state index is 13.8. The molecule has 0 spiro atoms. The summed E-state index contributed by atoms with van der Waals surface area (Å²) in [5.74, 6) is -9.19. The Hall–Kier alpha value is -2.33. The number of hydrogen-bond donors (Lipinski definition) is 0. The summed E-state index contributed by atoms with van der Waals surface area (Å²) in [6.07, 6.45) is -12.2. The van der Waals surface area contributed by atoms with Crippen LogP contribution in [0, 0.1) is 11.8 Å². The van der Waals surface area contributed by atoms with Gasteiger partial charge in [-0.05, 0) is 67.6 Å². The summed E-state index contributed by atoms with van der Waals surface area (Å²) in [6.45, 7) is -7.42. The first-order chi connectivity index (χ1) is 19.0. The number of Topliss-reactive ketones (excluding diaryl/α,β-unsaturated/α-hetero) is 1. The SMILES string of the molecule is [2H]c1c(OC)c(OC)c([2H])c2c1C(=O)C([2H])(CC1([2H])C([2H])([2H])C([2H])([2H])N(Cc3ccccc3)C([2H])([2H])C1([2H])[2H])C2([2H])[2H]. The normalized spacial score (nSPS) is 40.3. The molecule has 1 aliphatic heterocycles. The van der Waals surface area contributed by atoms with Crippen LogP contribution in [0.3, 0.4) is 0 Å². The number of benzene rings is 2. The molecule has 4 heteroatoms. The van der Waals surface area contributed by atoms with Crippen LogP contribution in [-0.2, 0) is 12.9 Å². The van der Waals surface area contributed by atoms with Crippen molar-refractivity contribution in [3.05, 3.63) is 59.1 Å². The molecule has 0 N–H and O–H groups in total. The summed E-state index contributed by atoms with van der Waals surface area (Å²) < 4.78 is 132. The molecule has 0 radical (unpaired) electrons. The Kier molecular flexibility index (Phi) is 2.56. The fourth-order valence-corrected chi connectivity index (χ4v) is 2.94. The predicted octanol–water partition coefficient (Wildman–Crippen LogP) is 4.36. The second kappa shape index (κ2) is 8.36. The number of likely N-dealkylation sites (tertiary alicyclic amines) is 1. The minimum Gasteiger partial charge on any atom is -0.493 e. The summed E-state index contributed by atoms with van der Waals surface area (Å²) in [4.78, 5) is 14.1. The summed E-state index contributed by atoms with van der Waals surface area (Å²) in [7, 11) is 2.22. The van der Waals surface area contributed by atoms with E-state index in [9.17, 15) is 4.79 Å². The van der Waals surface area contributed by atoms with Crippen LogP contribution in [-0.4, -0.2) is 37.9 Å². The maximum absolute atomic E-state index is 13.8. The number of carbonyl (C=O) groups is 1. The van der Waals surface area contributed by atoms with E-state index in [4.69, 9.17) is 28.7 Å². The minimum absolute atomic E-state index is 0.317. The van der Waals surface area contributed by atoms with E-state index in [-0.39, 0.29) is 0 Å². The van der Waals surface area contributed by atoms with Crippen molar-refractivity contribution in [2.24, 2.45) is 11.8 Å². The Morgan fingerprint density at radius 3 is 2.50 bits per heavy atom. The van der Waals surface area contributed by atoms with Crippen LogP contribution >= 0.6 is 0 Å². The summed E-state index contributed by atoms with van der Waals surface area (Å²) in [5.41, 5.74) is -1.23. The highest BCUT2D eigenvalue weighted by molar-refractivity contribution is 6.02. The molecule has 1 saturated heterocycles. The van der Waals surface area contributed by atoms with E-state index in [2.05, 4.69) is 0 Å². The summed E-state index contributed by atoms with van der Waals surface area (Å²) in [6, 6.07) is 6.30. The fourth-order valence-electron chi connectivity index (χ4n) is 2.94. The van der Waals surface area contributed by atoms with Gasteiger partial charge in [-0.25, -0.2) is 0 Å².